The van der Waals surface area contributed by atoms with Gasteiger partial charge in [-0.15, -0.1) is 0 Å². The fourth-order valence-electron chi connectivity index (χ4n) is 6.07. The average molecular weight is 510 g/mol. The van der Waals surface area contributed by atoms with Gasteiger partial charge in [-0.2, -0.15) is 5.10 Å². The first-order valence-electron chi connectivity index (χ1n) is 13.8. The van der Waals surface area contributed by atoms with Crippen LogP contribution in [0, 0.1) is 11.8 Å². The number of aryl methyl sites for hydroxylation is 1. The second-order valence-electron chi connectivity index (χ2n) is 11.3. The lowest BCUT2D eigenvalue weighted by molar-refractivity contribution is -0.151. The maximum absolute atomic E-state index is 12.4. The molecule has 1 aliphatic carbocycles. The van der Waals surface area contributed by atoms with E-state index in [0.717, 1.165) is 68.5 Å². The van der Waals surface area contributed by atoms with Crippen molar-refractivity contribution in [1.29, 1.82) is 0 Å². The third-order valence-electron chi connectivity index (χ3n) is 8.22. The zero-order valence-corrected chi connectivity index (χ0v) is 22.2. The molecule has 3 aliphatic rings. The highest BCUT2D eigenvalue weighted by molar-refractivity contribution is 6.02. The number of aromatic nitrogens is 2. The fourth-order valence-corrected chi connectivity index (χ4v) is 6.07. The molecule has 0 spiro atoms. The molecule has 1 aromatic carbocycles. The second kappa shape index (κ2) is 10.8. The molecular weight excluding hydrogens is 470 g/mol. The molecular formula is C28H39N5O4. The Balaban J connectivity index is 1.17. The largest absolute Gasteiger partial charge is 0.465 e. The third-order valence-corrected chi connectivity index (χ3v) is 8.22. The van der Waals surface area contributed by atoms with Crippen LogP contribution in [0.2, 0.25) is 0 Å². The molecule has 3 heterocycles. The van der Waals surface area contributed by atoms with E-state index in [1.807, 2.05) is 11.7 Å². The van der Waals surface area contributed by atoms with Gasteiger partial charge < -0.3 is 9.64 Å². The highest BCUT2D eigenvalue weighted by Gasteiger charge is 2.33. The van der Waals surface area contributed by atoms with Crippen molar-refractivity contribution in [3.05, 3.63) is 23.9 Å². The lowest BCUT2D eigenvalue weighted by Crippen LogP contribution is -2.51. The number of rotatable bonds is 6. The third kappa shape index (κ3) is 5.51. The zero-order valence-electron chi connectivity index (χ0n) is 22.2. The summed E-state index contributed by atoms with van der Waals surface area (Å²) in [4.78, 5) is 41.3. The molecule has 1 N–H and O–H groups in total. The summed E-state index contributed by atoms with van der Waals surface area (Å²) in [7, 11) is 1.91. The van der Waals surface area contributed by atoms with E-state index in [2.05, 4.69) is 52.3 Å². The standard InChI is InChI=1S/C28H39N5O4/c1-18(2)17-37-28(36)19-4-6-20(7-5-19)32-12-14-33(15-13-32)21-8-9-22-24(16-21)31(3)30-26(22)23-10-11-25(34)29-27(23)35/h8-9,16,18-20,23H,4-7,10-15,17H2,1-3H3,(H,29,34,35). The summed E-state index contributed by atoms with van der Waals surface area (Å²) in [6.45, 7) is 8.59. The summed E-state index contributed by atoms with van der Waals surface area (Å²) in [5, 5.41) is 8.10. The number of nitrogens with one attached hydrogen (secondary N) is 1. The molecule has 2 aromatic rings. The van der Waals surface area contributed by atoms with Gasteiger partial charge in [0.2, 0.25) is 11.8 Å². The Hall–Kier alpha value is -2.94. The number of carbonyl (C=O) groups is 3. The van der Waals surface area contributed by atoms with Crippen LogP contribution in [0.5, 0.6) is 0 Å². The van der Waals surface area contributed by atoms with Gasteiger partial charge in [-0.25, -0.2) is 0 Å². The molecule has 1 atom stereocenters. The number of nitrogens with zero attached hydrogens (tertiary/aromatic N) is 4. The monoisotopic (exact) mass is 509 g/mol. The molecule has 2 aliphatic heterocycles. The Morgan fingerprint density at radius 1 is 1.08 bits per heavy atom. The second-order valence-corrected chi connectivity index (χ2v) is 11.3. The number of piperazine rings is 1. The minimum Gasteiger partial charge on any atom is -0.465 e. The van der Waals surface area contributed by atoms with E-state index >= 15 is 0 Å². The molecule has 0 radical (unpaired) electrons. The minimum atomic E-state index is -0.386. The van der Waals surface area contributed by atoms with E-state index in [-0.39, 0.29) is 29.6 Å². The predicted molar refractivity (Wildman–Crippen MR) is 141 cm³/mol. The Bertz CT molecular complexity index is 1160. The number of fused-ring (bicyclic) bond motifs is 1. The van der Waals surface area contributed by atoms with Gasteiger partial charge in [-0.1, -0.05) is 13.8 Å². The van der Waals surface area contributed by atoms with Crippen LogP contribution in [-0.2, 0) is 26.2 Å². The summed E-state index contributed by atoms with van der Waals surface area (Å²) in [5.74, 6) is -0.418. The van der Waals surface area contributed by atoms with Crippen LogP contribution in [0.15, 0.2) is 18.2 Å². The summed E-state index contributed by atoms with van der Waals surface area (Å²) in [5.41, 5.74) is 2.92. The molecule has 2 amide bonds. The van der Waals surface area contributed by atoms with Crippen molar-refractivity contribution < 1.29 is 19.1 Å². The van der Waals surface area contributed by atoms with Gasteiger partial charge in [0.05, 0.1) is 29.7 Å². The van der Waals surface area contributed by atoms with Gasteiger partial charge in [-0.3, -0.25) is 29.3 Å². The van der Waals surface area contributed by atoms with Gasteiger partial charge in [0, 0.05) is 56.8 Å². The molecule has 2 saturated heterocycles. The molecule has 3 fully saturated rings. The molecule has 1 saturated carbocycles. The maximum atomic E-state index is 12.4. The van der Waals surface area contributed by atoms with Crippen molar-refractivity contribution in [1.82, 2.24) is 20.0 Å². The average Bonchev–Trinajstić information content (AvgIpc) is 3.23. The van der Waals surface area contributed by atoms with Crippen LogP contribution in [0.4, 0.5) is 5.69 Å². The van der Waals surface area contributed by atoms with Crippen LogP contribution >= 0.6 is 0 Å². The van der Waals surface area contributed by atoms with E-state index in [0.29, 0.717) is 31.4 Å². The van der Waals surface area contributed by atoms with Crippen LogP contribution in [0.3, 0.4) is 0 Å². The first-order valence-corrected chi connectivity index (χ1v) is 13.8. The number of amides is 2. The van der Waals surface area contributed by atoms with Gasteiger partial charge in [-0.05, 0) is 56.2 Å². The van der Waals surface area contributed by atoms with E-state index < -0.39 is 0 Å². The number of benzene rings is 1. The van der Waals surface area contributed by atoms with Crippen molar-refractivity contribution in [3.8, 4) is 0 Å². The lowest BCUT2D eigenvalue weighted by Gasteiger charge is -2.42. The number of imide groups is 1. The summed E-state index contributed by atoms with van der Waals surface area (Å²) >= 11 is 0. The molecule has 5 rings (SSSR count). The molecule has 1 unspecified atom stereocenters. The molecule has 9 heteroatoms. The smallest absolute Gasteiger partial charge is 0.308 e. The van der Waals surface area contributed by atoms with Crippen LogP contribution in [-0.4, -0.2) is 71.3 Å². The van der Waals surface area contributed by atoms with Crippen molar-refractivity contribution in [2.45, 2.75) is 64.3 Å². The summed E-state index contributed by atoms with van der Waals surface area (Å²) in [6.07, 6.45) is 4.82. The normalized spacial score (nSPS) is 25.5. The van der Waals surface area contributed by atoms with E-state index in [1.165, 1.54) is 5.69 Å². The van der Waals surface area contributed by atoms with Gasteiger partial charge in [0.15, 0.2) is 0 Å². The molecule has 200 valence electrons. The van der Waals surface area contributed by atoms with Gasteiger partial charge >= 0.3 is 5.97 Å². The molecule has 9 nitrogen and oxygen atoms in total. The Labute approximate surface area is 218 Å². The van der Waals surface area contributed by atoms with E-state index in [4.69, 9.17) is 4.74 Å². The van der Waals surface area contributed by atoms with Crippen LogP contribution in [0.25, 0.3) is 10.9 Å². The maximum Gasteiger partial charge on any atom is 0.308 e. The fraction of sp³-hybridized carbons (Fsp3) is 0.643. The summed E-state index contributed by atoms with van der Waals surface area (Å²) < 4.78 is 7.32. The predicted octanol–water partition coefficient (Wildman–Crippen LogP) is 2.97. The van der Waals surface area contributed by atoms with Crippen molar-refractivity contribution in [2.24, 2.45) is 18.9 Å². The number of esters is 1. The van der Waals surface area contributed by atoms with Crippen LogP contribution < -0.4 is 10.2 Å². The van der Waals surface area contributed by atoms with Gasteiger partial charge in [0.25, 0.3) is 0 Å². The highest BCUT2D eigenvalue weighted by Crippen LogP contribution is 2.33. The first kappa shape index (κ1) is 25.7. The van der Waals surface area contributed by atoms with Crippen molar-refractivity contribution in [2.75, 3.05) is 37.7 Å². The zero-order chi connectivity index (χ0) is 26.1. The van der Waals surface area contributed by atoms with Crippen molar-refractivity contribution >= 4 is 34.4 Å². The van der Waals surface area contributed by atoms with Gasteiger partial charge in [0.1, 0.15) is 0 Å². The topological polar surface area (TPSA) is 96.8 Å². The molecule has 1 aromatic heterocycles. The number of carbonyl (C=O) groups excluding carboxylic acids is 3. The first-order chi connectivity index (χ1) is 17.8. The van der Waals surface area contributed by atoms with Crippen LogP contribution in [0.1, 0.15) is 64.0 Å². The molecule has 0 bridgehead atoms. The number of ether oxygens (including phenoxy) is 1. The lowest BCUT2D eigenvalue weighted by atomic mass is 9.85. The van der Waals surface area contributed by atoms with Crippen molar-refractivity contribution in [3.63, 3.8) is 0 Å². The Morgan fingerprint density at radius 3 is 2.49 bits per heavy atom. The number of anilines is 1. The number of piperidine rings is 1. The summed E-state index contributed by atoms with van der Waals surface area (Å²) in [6, 6.07) is 6.92. The van der Waals surface area contributed by atoms with E-state index in [1.54, 1.807) is 0 Å². The Morgan fingerprint density at radius 2 is 1.81 bits per heavy atom. The number of hydrogen-bond donors (Lipinski definition) is 1. The quantitative estimate of drug-likeness (QED) is 0.472. The minimum absolute atomic E-state index is 0.0108. The molecule has 37 heavy (non-hydrogen) atoms. The highest BCUT2D eigenvalue weighted by atomic mass is 16.5. The number of hydrogen-bond acceptors (Lipinski definition) is 7. The Kier molecular flexibility index (Phi) is 7.51. The van der Waals surface area contributed by atoms with E-state index in [9.17, 15) is 14.4 Å². The SMILES string of the molecule is CC(C)COC(=O)C1CCC(N2CCN(c3ccc4c(C5CCC(=O)NC5=O)nn(C)c4c3)CC2)CC1.